The van der Waals surface area contributed by atoms with Crippen LogP contribution in [0.1, 0.15) is 17.0 Å². The Morgan fingerprint density at radius 2 is 1.65 bits per heavy atom. The molecule has 0 fully saturated rings. The molecule has 0 unspecified atom stereocenters. The molecule has 1 aromatic heterocycles. The molecular weight excluding hydrogens is 290 g/mol. The lowest BCUT2D eigenvalue weighted by Gasteiger charge is -2.03. The van der Waals surface area contributed by atoms with Gasteiger partial charge in [0.2, 0.25) is 5.82 Å². The third-order valence-corrected chi connectivity index (χ3v) is 3.46. The van der Waals surface area contributed by atoms with E-state index in [2.05, 4.69) is 4.98 Å². The van der Waals surface area contributed by atoms with Gasteiger partial charge in [0.25, 0.3) is 0 Å². The third kappa shape index (κ3) is 3.52. The van der Waals surface area contributed by atoms with Crippen LogP contribution in [0, 0.1) is 10.1 Å². The second-order valence-corrected chi connectivity index (χ2v) is 5.05. The van der Waals surface area contributed by atoms with E-state index >= 15 is 0 Å². The van der Waals surface area contributed by atoms with E-state index in [1.54, 1.807) is 10.6 Å². The highest BCUT2D eigenvalue weighted by atomic mass is 16.6. The Morgan fingerprint density at radius 3 is 2.30 bits per heavy atom. The van der Waals surface area contributed by atoms with Crippen LogP contribution in [-0.4, -0.2) is 14.5 Å². The first-order valence-electron chi connectivity index (χ1n) is 7.21. The van der Waals surface area contributed by atoms with Gasteiger partial charge in [-0.2, -0.15) is 0 Å². The van der Waals surface area contributed by atoms with E-state index in [4.69, 9.17) is 0 Å². The molecule has 3 aromatic rings. The molecule has 114 valence electrons. The van der Waals surface area contributed by atoms with Crippen molar-refractivity contribution >= 4 is 18.0 Å². The van der Waals surface area contributed by atoms with Crippen LogP contribution in [0.25, 0.3) is 12.2 Å². The van der Waals surface area contributed by atoms with Crippen LogP contribution in [0.4, 0.5) is 5.82 Å². The van der Waals surface area contributed by atoms with Gasteiger partial charge in [0.1, 0.15) is 12.7 Å². The minimum absolute atomic E-state index is 0.0124. The van der Waals surface area contributed by atoms with Crippen LogP contribution in [-0.2, 0) is 6.54 Å². The fourth-order valence-corrected chi connectivity index (χ4v) is 2.32. The van der Waals surface area contributed by atoms with Crippen LogP contribution in [0.15, 0.2) is 66.9 Å². The molecule has 0 radical (unpaired) electrons. The molecule has 1 heterocycles. The van der Waals surface area contributed by atoms with Gasteiger partial charge in [-0.3, -0.25) is 0 Å². The summed E-state index contributed by atoms with van der Waals surface area (Å²) in [5.74, 6) is 0.547. The second kappa shape index (κ2) is 6.70. The maximum atomic E-state index is 11.2. The van der Waals surface area contributed by atoms with Crippen LogP contribution in [0.5, 0.6) is 0 Å². The largest absolute Gasteiger partial charge is 0.358 e. The molecule has 2 aromatic carbocycles. The van der Waals surface area contributed by atoms with Crippen molar-refractivity contribution in [1.82, 2.24) is 9.55 Å². The first kappa shape index (κ1) is 14.7. The summed E-state index contributed by atoms with van der Waals surface area (Å²) in [6, 6.07) is 19.4. The van der Waals surface area contributed by atoms with Crippen LogP contribution < -0.4 is 0 Å². The number of rotatable bonds is 5. The second-order valence-electron chi connectivity index (χ2n) is 5.05. The van der Waals surface area contributed by atoms with Gasteiger partial charge in [-0.15, -0.1) is 0 Å². The van der Waals surface area contributed by atoms with E-state index in [1.807, 2.05) is 66.7 Å². The molecule has 0 aliphatic carbocycles. The fourth-order valence-electron chi connectivity index (χ4n) is 2.32. The Bertz CT molecular complexity index is 824. The van der Waals surface area contributed by atoms with Crippen molar-refractivity contribution in [1.29, 1.82) is 0 Å². The molecule has 5 heteroatoms. The van der Waals surface area contributed by atoms with Crippen molar-refractivity contribution in [3.05, 3.63) is 93.9 Å². The molecule has 0 spiro atoms. The van der Waals surface area contributed by atoms with Crippen molar-refractivity contribution in [3.63, 3.8) is 0 Å². The Balaban J connectivity index is 1.94. The third-order valence-electron chi connectivity index (χ3n) is 3.46. The molecule has 0 aliphatic heterocycles. The van der Waals surface area contributed by atoms with E-state index in [1.165, 1.54) is 6.20 Å². The standard InChI is InChI=1S/C18H15N3O2/c22-21(23)18-13-19-17(12-11-15-7-3-1-4-8-15)20(18)14-16-9-5-2-6-10-16/h1-13H,14H2. The van der Waals surface area contributed by atoms with E-state index in [0.717, 1.165) is 11.1 Å². The monoisotopic (exact) mass is 305 g/mol. The molecule has 0 bridgehead atoms. The number of hydrogen-bond acceptors (Lipinski definition) is 3. The maximum Gasteiger partial charge on any atom is 0.343 e. The Labute approximate surface area is 133 Å². The average Bonchev–Trinajstić information content (AvgIpc) is 2.98. The number of imidazole rings is 1. The zero-order valence-electron chi connectivity index (χ0n) is 12.4. The summed E-state index contributed by atoms with van der Waals surface area (Å²) in [4.78, 5) is 15.0. The summed E-state index contributed by atoms with van der Waals surface area (Å²) in [5.41, 5.74) is 2.01. The summed E-state index contributed by atoms with van der Waals surface area (Å²) in [6.07, 6.45) is 4.99. The summed E-state index contributed by atoms with van der Waals surface area (Å²) in [5, 5.41) is 11.2. The lowest BCUT2D eigenvalue weighted by Crippen LogP contribution is -2.06. The van der Waals surface area contributed by atoms with Crippen LogP contribution in [0.3, 0.4) is 0 Å². The van der Waals surface area contributed by atoms with Gasteiger partial charge in [-0.1, -0.05) is 60.7 Å². The van der Waals surface area contributed by atoms with Crippen molar-refractivity contribution in [3.8, 4) is 0 Å². The van der Waals surface area contributed by atoms with Gasteiger partial charge in [-0.25, -0.2) is 9.55 Å². The number of hydrogen-bond donors (Lipinski definition) is 0. The van der Waals surface area contributed by atoms with E-state index in [0.29, 0.717) is 12.4 Å². The Hall–Kier alpha value is -3.21. The van der Waals surface area contributed by atoms with Gasteiger partial charge < -0.3 is 10.1 Å². The average molecular weight is 305 g/mol. The molecule has 0 amide bonds. The summed E-state index contributed by atoms with van der Waals surface area (Å²) >= 11 is 0. The molecule has 23 heavy (non-hydrogen) atoms. The number of nitrogens with zero attached hydrogens (tertiary/aromatic N) is 3. The summed E-state index contributed by atoms with van der Waals surface area (Å²) < 4.78 is 1.61. The van der Waals surface area contributed by atoms with Crippen LogP contribution >= 0.6 is 0 Å². The lowest BCUT2D eigenvalue weighted by atomic mass is 10.2. The highest BCUT2D eigenvalue weighted by Gasteiger charge is 2.18. The van der Waals surface area contributed by atoms with Crippen molar-refractivity contribution < 1.29 is 4.92 Å². The highest BCUT2D eigenvalue weighted by Crippen LogP contribution is 2.18. The fraction of sp³-hybridized carbons (Fsp3) is 0.0556. The van der Waals surface area contributed by atoms with Crippen molar-refractivity contribution in [2.24, 2.45) is 0 Å². The van der Waals surface area contributed by atoms with Crippen LogP contribution in [0.2, 0.25) is 0 Å². The van der Waals surface area contributed by atoms with E-state index in [-0.39, 0.29) is 5.82 Å². The smallest absolute Gasteiger partial charge is 0.343 e. The SMILES string of the molecule is O=[N+]([O-])c1cnc(C=Cc2ccccc2)n1Cc1ccccc1. The minimum atomic E-state index is -0.407. The van der Waals surface area contributed by atoms with Gasteiger partial charge in [0, 0.05) is 6.08 Å². The highest BCUT2D eigenvalue weighted by molar-refractivity contribution is 5.67. The first-order chi connectivity index (χ1) is 11.2. The molecular formula is C18H15N3O2. The van der Waals surface area contributed by atoms with Gasteiger partial charge in [-0.05, 0) is 22.1 Å². The molecule has 5 nitrogen and oxygen atoms in total. The molecule has 0 saturated carbocycles. The maximum absolute atomic E-state index is 11.2. The first-order valence-corrected chi connectivity index (χ1v) is 7.21. The molecule has 0 N–H and O–H groups in total. The normalized spacial score (nSPS) is 11.0. The molecule has 0 atom stereocenters. The van der Waals surface area contributed by atoms with Gasteiger partial charge >= 0.3 is 5.82 Å². The number of nitro groups is 1. The number of benzene rings is 2. The Kier molecular flexibility index (Phi) is 4.29. The Morgan fingerprint density at radius 1 is 1.00 bits per heavy atom. The lowest BCUT2D eigenvalue weighted by molar-refractivity contribution is -0.392. The molecule has 0 saturated heterocycles. The van der Waals surface area contributed by atoms with E-state index in [9.17, 15) is 10.1 Å². The quantitative estimate of drug-likeness (QED) is 0.528. The zero-order valence-corrected chi connectivity index (χ0v) is 12.4. The number of aromatic nitrogens is 2. The predicted molar refractivity (Wildman–Crippen MR) is 89.8 cm³/mol. The summed E-state index contributed by atoms with van der Waals surface area (Å²) in [7, 11) is 0. The minimum Gasteiger partial charge on any atom is -0.358 e. The van der Waals surface area contributed by atoms with Crippen molar-refractivity contribution in [2.45, 2.75) is 6.54 Å². The molecule has 3 rings (SSSR count). The summed E-state index contributed by atoms with van der Waals surface area (Å²) in [6.45, 7) is 0.408. The zero-order chi connectivity index (χ0) is 16.1. The molecule has 0 aliphatic rings. The van der Waals surface area contributed by atoms with E-state index < -0.39 is 4.92 Å². The van der Waals surface area contributed by atoms with Gasteiger partial charge in [0.15, 0.2) is 0 Å². The van der Waals surface area contributed by atoms with Crippen molar-refractivity contribution in [2.75, 3.05) is 0 Å². The topological polar surface area (TPSA) is 61.0 Å². The predicted octanol–water partition coefficient (Wildman–Crippen LogP) is 4.01. The van der Waals surface area contributed by atoms with Gasteiger partial charge in [0.05, 0.1) is 0 Å².